The molecule has 7 nitrogen and oxygen atoms in total. The van der Waals surface area contributed by atoms with Crippen LogP contribution in [0.2, 0.25) is 0 Å². The van der Waals surface area contributed by atoms with E-state index >= 15 is 0 Å². The number of benzene rings is 1. The van der Waals surface area contributed by atoms with Gasteiger partial charge in [-0.2, -0.15) is 5.26 Å². The third-order valence-electron chi connectivity index (χ3n) is 2.46. The number of anilines is 1. The molecule has 21 heavy (non-hydrogen) atoms. The fourth-order valence-corrected chi connectivity index (χ4v) is 1.54. The maximum Gasteiger partial charge on any atom is 0.377 e. The van der Waals surface area contributed by atoms with E-state index in [1.54, 1.807) is 18.2 Å². The van der Waals surface area contributed by atoms with Gasteiger partial charge in [0.15, 0.2) is 6.61 Å². The number of carbonyl (C=O) groups excluding carboxylic acids is 2. The van der Waals surface area contributed by atoms with Gasteiger partial charge in [-0.1, -0.05) is 6.07 Å². The molecule has 1 heterocycles. The molecule has 1 aromatic carbocycles. The van der Waals surface area contributed by atoms with Crippen molar-refractivity contribution in [2.75, 3.05) is 25.1 Å². The fourth-order valence-electron chi connectivity index (χ4n) is 1.54. The first-order chi connectivity index (χ1) is 10.2. The van der Waals surface area contributed by atoms with E-state index in [0.717, 1.165) is 6.26 Å². The molecule has 0 spiro atoms. The van der Waals surface area contributed by atoms with Gasteiger partial charge in [-0.15, -0.1) is 0 Å². The van der Waals surface area contributed by atoms with Crippen molar-refractivity contribution in [1.29, 1.82) is 5.26 Å². The van der Waals surface area contributed by atoms with Gasteiger partial charge in [-0.3, -0.25) is 4.79 Å². The minimum Gasteiger partial charge on any atom is -0.493 e. The first kappa shape index (κ1) is 14.4. The van der Waals surface area contributed by atoms with Crippen molar-refractivity contribution in [1.82, 2.24) is 0 Å². The summed E-state index contributed by atoms with van der Waals surface area (Å²) < 4.78 is 14.7. The fraction of sp³-hybridized carbons (Fsp3) is 0.214. The van der Waals surface area contributed by atoms with Gasteiger partial charge in [-0.25, -0.2) is 4.79 Å². The third-order valence-corrected chi connectivity index (χ3v) is 2.46. The van der Waals surface area contributed by atoms with E-state index in [1.165, 1.54) is 6.07 Å². The van der Waals surface area contributed by atoms with Gasteiger partial charge in [0, 0.05) is 5.69 Å². The lowest BCUT2D eigenvalue weighted by Gasteiger charge is -2.14. The summed E-state index contributed by atoms with van der Waals surface area (Å²) in [4.78, 5) is 23.2. The van der Waals surface area contributed by atoms with Crippen LogP contribution in [0.3, 0.4) is 0 Å². The topological polar surface area (TPSA) is 97.7 Å². The Labute approximate surface area is 120 Å². The molecule has 7 heteroatoms. The molecule has 0 bridgehead atoms. The standard InChI is InChI=1S/C14H12N2O5/c15-7-10-2-1-3-11(6-10)16-13(17)9-21-14(18)12-8-19-4-5-20-12/h1-3,6,8H,4-5,9H2,(H,16,17). The van der Waals surface area contributed by atoms with E-state index in [0.29, 0.717) is 17.9 Å². The highest BCUT2D eigenvalue weighted by Gasteiger charge is 2.17. The van der Waals surface area contributed by atoms with E-state index in [1.807, 2.05) is 6.07 Å². The molecule has 0 fully saturated rings. The van der Waals surface area contributed by atoms with Gasteiger partial charge in [0.05, 0.1) is 11.6 Å². The number of rotatable bonds is 4. The van der Waals surface area contributed by atoms with Crippen LogP contribution in [0.5, 0.6) is 0 Å². The maximum atomic E-state index is 11.6. The molecule has 0 atom stereocenters. The Bertz CT molecular complexity index is 618. The molecular weight excluding hydrogens is 276 g/mol. The molecular formula is C14H12N2O5. The van der Waals surface area contributed by atoms with Crippen molar-refractivity contribution in [3.8, 4) is 6.07 Å². The van der Waals surface area contributed by atoms with Crippen LogP contribution in [-0.2, 0) is 23.8 Å². The zero-order chi connectivity index (χ0) is 15.1. The highest BCUT2D eigenvalue weighted by molar-refractivity contribution is 5.94. The summed E-state index contributed by atoms with van der Waals surface area (Å²) in [5.74, 6) is -1.35. The van der Waals surface area contributed by atoms with E-state index in [2.05, 4.69) is 5.32 Å². The lowest BCUT2D eigenvalue weighted by molar-refractivity contribution is -0.148. The van der Waals surface area contributed by atoms with Crippen LogP contribution >= 0.6 is 0 Å². The molecule has 2 rings (SSSR count). The first-order valence-electron chi connectivity index (χ1n) is 6.11. The molecule has 108 valence electrons. The Morgan fingerprint density at radius 2 is 2.24 bits per heavy atom. The molecule has 1 aliphatic rings. The number of hydrogen-bond acceptors (Lipinski definition) is 6. The van der Waals surface area contributed by atoms with Crippen molar-refractivity contribution >= 4 is 17.6 Å². The molecule has 1 aliphatic heterocycles. The van der Waals surface area contributed by atoms with E-state index < -0.39 is 18.5 Å². The zero-order valence-electron chi connectivity index (χ0n) is 11.0. The summed E-state index contributed by atoms with van der Waals surface area (Å²) in [6, 6.07) is 8.35. The van der Waals surface area contributed by atoms with Crippen LogP contribution < -0.4 is 5.32 Å². The number of nitrogens with zero attached hydrogens (tertiary/aromatic N) is 1. The second-order valence-corrected chi connectivity index (χ2v) is 4.02. The predicted octanol–water partition coefficient (Wildman–Crippen LogP) is 0.928. The SMILES string of the molecule is N#Cc1cccc(NC(=O)COC(=O)C2=COCCO2)c1. The molecule has 0 aromatic heterocycles. The summed E-state index contributed by atoms with van der Waals surface area (Å²) in [6.45, 7) is 0.164. The summed E-state index contributed by atoms with van der Waals surface area (Å²) in [7, 11) is 0. The Morgan fingerprint density at radius 1 is 1.38 bits per heavy atom. The summed E-state index contributed by atoms with van der Waals surface area (Å²) in [5, 5.41) is 11.3. The quantitative estimate of drug-likeness (QED) is 0.828. The number of nitriles is 1. The number of amides is 1. The Kier molecular flexibility index (Phi) is 4.77. The summed E-state index contributed by atoms with van der Waals surface area (Å²) >= 11 is 0. The van der Waals surface area contributed by atoms with Gasteiger partial charge in [0.25, 0.3) is 5.91 Å². The number of esters is 1. The Balaban J connectivity index is 1.83. The summed E-state index contributed by atoms with van der Waals surface area (Å²) in [6.07, 6.45) is 1.15. The third kappa shape index (κ3) is 4.24. The second-order valence-electron chi connectivity index (χ2n) is 4.02. The molecule has 0 saturated heterocycles. The van der Waals surface area contributed by atoms with Crippen LogP contribution in [0, 0.1) is 11.3 Å². The van der Waals surface area contributed by atoms with E-state index in [-0.39, 0.29) is 12.4 Å². The normalized spacial score (nSPS) is 13.0. The van der Waals surface area contributed by atoms with Crippen LogP contribution in [-0.4, -0.2) is 31.7 Å². The zero-order valence-corrected chi connectivity index (χ0v) is 11.0. The van der Waals surface area contributed by atoms with Crippen molar-refractivity contribution in [2.24, 2.45) is 0 Å². The molecule has 1 aromatic rings. The van der Waals surface area contributed by atoms with Crippen LogP contribution in [0.25, 0.3) is 0 Å². The molecule has 1 N–H and O–H groups in total. The smallest absolute Gasteiger partial charge is 0.377 e. The predicted molar refractivity (Wildman–Crippen MR) is 70.7 cm³/mol. The average molecular weight is 288 g/mol. The Hall–Kier alpha value is -3.01. The minimum absolute atomic E-state index is 0.0690. The molecule has 0 radical (unpaired) electrons. The number of carbonyl (C=O) groups is 2. The van der Waals surface area contributed by atoms with Gasteiger partial charge >= 0.3 is 5.97 Å². The molecule has 0 unspecified atom stereocenters. The minimum atomic E-state index is -0.768. The van der Waals surface area contributed by atoms with Crippen LogP contribution in [0.15, 0.2) is 36.3 Å². The van der Waals surface area contributed by atoms with Crippen molar-refractivity contribution < 1.29 is 23.8 Å². The van der Waals surface area contributed by atoms with Crippen LogP contribution in [0.4, 0.5) is 5.69 Å². The Morgan fingerprint density at radius 3 is 2.95 bits per heavy atom. The van der Waals surface area contributed by atoms with E-state index in [9.17, 15) is 9.59 Å². The molecule has 0 saturated carbocycles. The largest absolute Gasteiger partial charge is 0.493 e. The monoisotopic (exact) mass is 288 g/mol. The highest BCUT2D eigenvalue weighted by atomic mass is 16.6. The number of ether oxygens (including phenoxy) is 3. The average Bonchev–Trinajstić information content (AvgIpc) is 2.53. The van der Waals surface area contributed by atoms with Crippen molar-refractivity contribution in [3.63, 3.8) is 0 Å². The lowest BCUT2D eigenvalue weighted by atomic mass is 10.2. The van der Waals surface area contributed by atoms with Crippen molar-refractivity contribution in [2.45, 2.75) is 0 Å². The first-order valence-corrected chi connectivity index (χ1v) is 6.11. The second kappa shape index (κ2) is 6.96. The summed E-state index contributed by atoms with van der Waals surface area (Å²) in [5.41, 5.74) is 0.870. The maximum absolute atomic E-state index is 11.6. The number of hydrogen-bond donors (Lipinski definition) is 1. The van der Waals surface area contributed by atoms with Gasteiger partial charge < -0.3 is 19.5 Å². The van der Waals surface area contributed by atoms with E-state index in [4.69, 9.17) is 19.5 Å². The lowest BCUT2D eigenvalue weighted by Crippen LogP contribution is -2.23. The van der Waals surface area contributed by atoms with Gasteiger partial charge in [-0.05, 0) is 18.2 Å². The molecule has 0 aliphatic carbocycles. The highest BCUT2D eigenvalue weighted by Crippen LogP contribution is 2.10. The number of nitrogens with one attached hydrogen (secondary N) is 1. The molecule has 1 amide bonds. The van der Waals surface area contributed by atoms with Crippen LogP contribution in [0.1, 0.15) is 5.56 Å². The van der Waals surface area contributed by atoms with Gasteiger partial charge in [0.1, 0.15) is 19.5 Å². The van der Waals surface area contributed by atoms with Crippen molar-refractivity contribution in [3.05, 3.63) is 41.9 Å². The van der Waals surface area contributed by atoms with Gasteiger partial charge in [0.2, 0.25) is 5.76 Å².